The van der Waals surface area contributed by atoms with Gasteiger partial charge < -0.3 is 5.32 Å². The normalized spacial score (nSPS) is 16.4. The first kappa shape index (κ1) is 18.1. The van der Waals surface area contributed by atoms with E-state index in [4.69, 9.17) is 0 Å². The Morgan fingerprint density at radius 2 is 1.72 bits per heavy atom. The highest BCUT2D eigenvalue weighted by Crippen LogP contribution is 2.14. The van der Waals surface area contributed by atoms with Gasteiger partial charge in [-0.1, -0.05) is 47.0 Å². The fourth-order valence-corrected chi connectivity index (χ4v) is 4.12. The summed E-state index contributed by atoms with van der Waals surface area (Å²) in [6.07, 6.45) is 8.04. The van der Waals surface area contributed by atoms with E-state index < -0.39 is 10.8 Å². The zero-order valence-electron chi connectivity index (χ0n) is 12.8. The van der Waals surface area contributed by atoms with E-state index in [0.717, 1.165) is 38.0 Å². The molecule has 0 aromatic heterocycles. The van der Waals surface area contributed by atoms with Crippen LogP contribution in [0.2, 0.25) is 0 Å². The smallest absolute Gasteiger partial charge is 0.0498 e. The van der Waals surface area contributed by atoms with Crippen LogP contribution in [-0.2, 0) is 10.8 Å². The Morgan fingerprint density at radius 1 is 1.00 bits per heavy atom. The number of nitrogens with one attached hydrogen (secondary N) is 1. The van der Waals surface area contributed by atoms with E-state index >= 15 is 0 Å². The summed E-state index contributed by atoms with van der Waals surface area (Å²) in [6.45, 7) is 9.83. The summed E-state index contributed by atoms with van der Waals surface area (Å²) in [7, 11) is -0.657. The Bertz CT molecular complexity index is 209. The molecule has 3 atom stereocenters. The molecule has 1 N–H and O–H groups in total. The molecule has 0 aliphatic carbocycles. The second-order valence-corrected chi connectivity index (χ2v) is 6.86. The van der Waals surface area contributed by atoms with Crippen LogP contribution >= 0.6 is 0 Å². The maximum Gasteiger partial charge on any atom is 0.0498 e. The van der Waals surface area contributed by atoms with E-state index in [1.165, 1.54) is 19.3 Å². The summed E-state index contributed by atoms with van der Waals surface area (Å²) in [5.41, 5.74) is 0. The molecule has 0 fully saturated rings. The van der Waals surface area contributed by atoms with Crippen LogP contribution in [0.25, 0.3) is 0 Å². The number of unbranched alkanes of at least 4 members (excludes halogenated alkanes) is 2. The number of rotatable bonds is 12. The van der Waals surface area contributed by atoms with Gasteiger partial charge in [0.25, 0.3) is 0 Å². The summed E-state index contributed by atoms with van der Waals surface area (Å²) in [6, 6.07) is 0.447. The van der Waals surface area contributed by atoms with Crippen molar-refractivity contribution in [3.63, 3.8) is 0 Å². The molecule has 0 aliphatic rings. The number of hydrogen-bond donors (Lipinski definition) is 1. The van der Waals surface area contributed by atoms with Crippen LogP contribution in [0.4, 0.5) is 0 Å². The maximum atomic E-state index is 12.4. The van der Waals surface area contributed by atoms with Crippen molar-refractivity contribution in [2.45, 2.75) is 83.9 Å². The van der Waals surface area contributed by atoms with Gasteiger partial charge in [-0.05, 0) is 32.2 Å². The summed E-state index contributed by atoms with van der Waals surface area (Å²) in [5, 5.41) is 3.94. The molecule has 2 nitrogen and oxygen atoms in total. The van der Waals surface area contributed by atoms with Crippen LogP contribution in [0.5, 0.6) is 0 Å². The molecular weight excluding hydrogens is 242 g/mol. The highest BCUT2D eigenvalue weighted by Gasteiger charge is 2.23. The van der Waals surface area contributed by atoms with Crippen molar-refractivity contribution < 1.29 is 4.21 Å². The first-order chi connectivity index (χ1) is 8.71. The molecule has 0 spiro atoms. The van der Waals surface area contributed by atoms with Crippen LogP contribution < -0.4 is 5.32 Å². The zero-order chi connectivity index (χ0) is 13.8. The molecule has 0 aliphatic heterocycles. The fraction of sp³-hybridized carbons (Fsp3) is 1.00. The van der Waals surface area contributed by atoms with Gasteiger partial charge >= 0.3 is 0 Å². The first-order valence-electron chi connectivity index (χ1n) is 7.81. The van der Waals surface area contributed by atoms with Gasteiger partial charge in [-0.25, -0.2) is 0 Å². The second kappa shape index (κ2) is 12.2. The fourth-order valence-electron chi connectivity index (χ4n) is 2.36. The van der Waals surface area contributed by atoms with Crippen molar-refractivity contribution >= 4 is 10.8 Å². The third-order valence-corrected chi connectivity index (χ3v) is 5.42. The van der Waals surface area contributed by atoms with E-state index in [9.17, 15) is 4.21 Å². The Morgan fingerprint density at radius 3 is 2.22 bits per heavy atom. The van der Waals surface area contributed by atoms with Crippen LogP contribution in [-0.4, -0.2) is 27.8 Å². The van der Waals surface area contributed by atoms with Gasteiger partial charge in [0.15, 0.2) is 0 Å². The zero-order valence-corrected chi connectivity index (χ0v) is 13.7. The van der Waals surface area contributed by atoms with Crippen LogP contribution in [0.15, 0.2) is 0 Å². The Hall–Kier alpha value is 0.110. The highest BCUT2D eigenvalue weighted by molar-refractivity contribution is 7.85. The molecule has 0 aromatic carbocycles. The maximum absolute atomic E-state index is 12.4. The lowest BCUT2D eigenvalue weighted by Crippen LogP contribution is -2.42. The molecule has 110 valence electrons. The summed E-state index contributed by atoms with van der Waals surface area (Å²) < 4.78 is 12.4. The van der Waals surface area contributed by atoms with Gasteiger partial charge in [-0.3, -0.25) is 4.21 Å². The summed E-state index contributed by atoms with van der Waals surface area (Å²) in [4.78, 5) is 0. The predicted octanol–water partition coefficient (Wildman–Crippen LogP) is 3.87. The molecule has 0 rings (SSSR count). The van der Waals surface area contributed by atoms with E-state index in [1.807, 2.05) is 0 Å². The van der Waals surface area contributed by atoms with E-state index in [0.29, 0.717) is 11.3 Å². The first-order valence-corrected chi connectivity index (χ1v) is 9.19. The largest absolute Gasteiger partial charge is 0.313 e. The van der Waals surface area contributed by atoms with E-state index in [2.05, 4.69) is 33.0 Å². The van der Waals surface area contributed by atoms with Gasteiger partial charge in [-0.15, -0.1) is 0 Å². The molecule has 3 heteroatoms. The molecule has 18 heavy (non-hydrogen) atoms. The minimum Gasteiger partial charge on any atom is -0.313 e. The van der Waals surface area contributed by atoms with Crippen molar-refractivity contribution in [1.82, 2.24) is 5.32 Å². The van der Waals surface area contributed by atoms with Crippen LogP contribution in [0.1, 0.15) is 72.6 Å². The standard InChI is InChI=1S/C15H33NOS/c1-5-9-10-13-18(17)15(8-4)14(11-6-2)16-12-7-3/h14-16H,5-13H2,1-4H3. The quantitative estimate of drug-likeness (QED) is 0.548. The summed E-state index contributed by atoms with van der Waals surface area (Å²) in [5.74, 6) is 0.889. The lowest BCUT2D eigenvalue weighted by Gasteiger charge is -2.26. The topological polar surface area (TPSA) is 29.1 Å². The molecule has 0 aromatic rings. The van der Waals surface area contributed by atoms with Crippen molar-refractivity contribution in [3.05, 3.63) is 0 Å². The monoisotopic (exact) mass is 275 g/mol. The lowest BCUT2D eigenvalue weighted by atomic mass is 10.1. The lowest BCUT2D eigenvalue weighted by molar-refractivity contribution is 0.447. The molecular formula is C15H33NOS. The molecule has 0 saturated heterocycles. The van der Waals surface area contributed by atoms with Gasteiger partial charge in [0.1, 0.15) is 0 Å². The highest BCUT2D eigenvalue weighted by atomic mass is 32.2. The van der Waals surface area contributed by atoms with Gasteiger partial charge in [0.2, 0.25) is 0 Å². The minimum atomic E-state index is -0.657. The Balaban J connectivity index is 4.31. The molecule has 0 bridgehead atoms. The van der Waals surface area contributed by atoms with Gasteiger partial charge in [0, 0.05) is 27.8 Å². The van der Waals surface area contributed by atoms with Crippen molar-refractivity contribution in [2.24, 2.45) is 0 Å². The van der Waals surface area contributed by atoms with Gasteiger partial charge in [0.05, 0.1) is 0 Å². The molecule has 0 radical (unpaired) electrons. The molecule has 0 heterocycles. The van der Waals surface area contributed by atoms with Crippen molar-refractivity contribution in [3.8, 4) is 0 Å². The average Bonchev–Trinajstić information content (AvgIpc) is 2.37. The summed E-state index contributed by atoms with van der Waals surface area (Å²) >= 11 is 0. The van der Waals surface area contributed by atoms with Crippen LogP contribution in [0, 0.1) is 0 Å². The van der Waals surface area contributed by atoms with Crippen LogP contribution in [0.3, 0.4) is 0 Å². The van der Waals surface area contributed by atoms with E-state index in [-0.39, 0.29) is 0 Å². The van der Waals surface area contributed by atoms with Crippen molar-refractivity contribution in [1.29, 1.82) is 0 Å². The Labute approximate surface area is 117 Å². The third-order valence-electron chi connectivity index (χ3n) is 3.39. The average molecular weight is 276 g/mol. The molecule has 0 saturated carbocycles. The SMILES string of the molecule is CCCCCS(=O)C(CC)C(CCC)NCCC. The Kier molecular flexibility index (Phi) is 12.2. The predicted molar refractivity (Wildman–Crippen MR) is 83.6 cm³/mol. The molecule has 3 unspecified atom stereocenters. The van der Waals surface area contributed by atoms with E-state index in [1.54, 1.807) is 0 Å². The second-order valence-electron chi connectivity index (χ2n) is 5.09. The van der Waals surface area contributed by atoms with Gasteiger partial charge in [-0.2, -0.15) is 0 Å². The number of hydrogen-bond acceptors (Lipinski definition) is 2. The third kappa shape index (κ3) is 7.52. The molecule has 0 amide bonds. The minimum absolute atomic E-state index is 0.341. The van der Waals surface area contributed by atoms with Crippen molar-refractivity contribution in [2.75, 3.05) is 12.3 Å².